The molecule has 1 fully saturated rings. The highest BCUT2D eigenvalue weighted by atomic mass is 32.2. The standard InChI is InChI=1S/C15H21FN2O3S/c16-11-1-3-14(4-2-11)21-9-13(19)8-18-15(20)7-12-10-22-6-5-17-12/h1-4,12-13,17,19H,5-10H2,(H,18,20). The first-order valence-electron chi connectivity index (χ1n) is 7.28. The maximum atomic E-state index is 12.7. The van der Waals surface area contributed by atoms with E-state index >= 15 is 0 Å². The van der Waals surface area contributed by atoms with Crippen LogP contribution in [0.5, 0.6) is 5.75 Å². The van der Waals surface area contributed by atoms with Gasteiger partial charge in [0.1, 0.15) is 24.3 Å². The van der Waals surface area contributed by atoms with Crippen LogP contribution < -0.4 is 15.4 Å². The molecule has 0 radical (unpaired) electrons. The summed E-state index contributed by atoms with van der Waals surface area (Å²) in [5, 5.41) is 15.8. The van der Waals surface area contributed by atoms with Crippen LogP contribution in [0.4, 0.5) is 4.39 Å². The molecule has 3 N–H and O–H groups in total. The van der Waals surface area contributed by atoms with E-state index in [0.29, 0.717) is 12.2 Å². The molecule has 22 heavy (non-hydrogen) atoms. The molecule has 1 saturated heterocycles. The van der Waals surface area contributed by atoms with E-state index in [0.717, 1.165) is 18.1 Å². The van der Waals surface area contributed by atoms with Crippen molar-refractivity contribution < 1.29 is 19.0 Å². The second-order valence-corrected chi connectivity index (χ2v) is 6.30. The summed E-state index contributed by atoms with van der Waals surface area (Å²) in [7, 11) is 0. The van der Waals surface area contributed by atoms with Crippen LogP contribution in [0.15, 0.2) is 24.3 Å². The van der Waals surface area contributed by atoms with Crippen LogP contribution in [-0.4, -0.2) is 54.4 Å². The van der Waals surface area contributed by atoms with Gasteiger partial charge in [-0.15, -0.1) is 0 Å². The number of ether oxygens (including phenoxy) is 1. The number of aliphatic hydroxyl groups is 1. The van der Waals surface area contributed by atoms with E-state index in [1.54, 1.807) is 0 Å². The first-order valence-corrected chi connectivity index (χ1v) is 8.43. The Bertz CT molecular complexity index is 466. The third-order valence-electron chi connectivity index (χ3n) is 3.22. The summed E-state index contributed by atoms with van der Waals surface area (Å²) >= 11 is 1.84. The molecule has 0 aliphatic carbocycles. The first kappa shape index (κ1) is 17.1. The van der Waals surface area contributed by atoms with Gasteiger partial charge in [-0.2, -0.15) is 11.8 Å². The number of thioether (sulfide) groups is 1. The average Bonchev–Trinajstić information content (AvgIpc) is 2.53. The lowest BCUT2D eigenvalue weighted by molar-refractivity contribution is -0.122. The quantitative estimate of drug-likeness (QED) is 0.690. The molecule has 0 aromatic heterocycles. The van der Waals surface area contributed by atoms with Crippen LogP contribution in [0, 0.1) is 5.82 Å². The molecule has 2 atom stereocenters. The van der Waals surface area contributed by atoms with Gasteiger partial charge in [-0.25, -0.2) is 4.39 Å². The second-order valence-electron chi connectivity index (χ2n) is 5.15. The van der Waals surface area contributed by atoms with Crippen LogP contribution in [-0.2, 0) is 4.79 Å². The topological polar surface area (TPSA) is 70.6 Å². The largest absolute Gasteiger partial charge is 0.491 e. The number of hydrogen-bond donors (Lipinski definition) is 3. The molecule has 1 aliphatic heterocycles. The lowest BCUT2D eigenvalue weighted by Crippen LogP contribution is -2.43. The van der Waals surface area contributed by atoms with Gasteiger partial charge in [0.05, 0.1) is 0 Å². The van der Waals surface area contributed by atoms with Crippen molar-refractivity contribution >= 4 is 17.7 Å². The van der Waals surface area contributed by atoms with Crippen molar-refractivity contribution in [2.24, 2.45) is 0 Å². The van der Waals surface area contributed by atoms with Crippen LogP contribution >= 0.6 is 11.8 Å². The maximum Gasteiger partial charge on any atom is 0.221 e. The lowest BCUT2D eigenvalue weighted by atomic mass is 10.2. The molecule has 1 heterocycles. The molecule has 1 aliphatic rings. The van der Waals surface area contributed by atoms with E-state index in [4.69, 9.17) is 4.74 Å². The van der Waals surface area contributed by atoms with Gasteiger partial charge in [0, 0.05) is 37.1 Å². The summed E-state index contributed by atoms with van der Waals surface area (Å²) in [5.41, 5.74) is 0. The fourth-order valence-corrected chi connectivity index (χ4v) is 3.01. The minimum Gasteiger partial charge on any atom is -0.491 e. The molecular formula is C15H21FN2O3S. The van der Waals surface area contributed by atoms with Gasteiger partial charge in [-0.05, 0) is 24.3 Å². The first-order chi connectivity index (χ1) is 10.6. The SMILES string of the molecule is O=C(CC1CSCCN1)NCC(O)COc1ccc(F)cc1. The summed E-state index contributed by atoms with van der Waals surface area (Å²) < 4.78 is 18.0. The normalized spacial score (nSPS) is 19.5. The number of carbonyl (C=O) groups is 1. The van der Waals surface area contributed by atoms with Crippen molar-refractivity contribution in [2.75, 3.05) is 31.2 Å². The lowest BCUT2D eigenvalue weighted by Gasteiger charge is -2.22. The Morgan fingerprint density at radius 2 is 2.27 bits per heavy atom. The highest BCUT2D eigenvalue weighted by Gasteiger charge is 2.17. The van der Waals surface area contributed by atoms with Crippen molar-refractivity contribution in [3.05, 3.63) is 30.1 Å². The van der Waals surface area contributed by atoms with Gasteiger partial charge >= 0.3 is 0 Å². The highest BCUT2D eigenvalue weighted by Crippen LogP contribution is 2.11. The van der Waals surface area contributed by atoms with E-state index in [1.807, 2.05) is 11.8 Å². The summed E-state index contributed by atoms with van der Waals surface area (Å²) in [6.07, 6.45) is -0.388. The van der Waals surface area contributed by atoms with Gasteiger partial charge in [0.2, 0.25) is 5.91 Å². The van der Waals surface area contributed by atoms with E-state index < -0.39 is 6.10 Å². The molecule has 122 valence electrons. The Morgan fingerprint density at radius 3 is 2.95 bits per heavy atom. The van der Waals surface area contributed by atoms with Gasteiger partial charge in [0.25, 0.3) is 0 Å². The second kappa shape index (κ2) is 8.97. The number of hydrogen-bond acceptors (Lipinski definition) is 5. The van der Waals surface area contributed by atoms with E-state index in [-0.39, 0.29) is 30.9 Å². The minimum atomic E-state index is -0.803. The Labute approximate surface area is 133 Å². The number of benzene rings is 1. The third-order valence-corrected chi connectivity index (χ3v) is 4.35. The molecule has 5 nitrogen and oxygen atoms in total. The zero-order valence-corrected chi connectivity index (χ0v) is 13.1. The Kier molecular flexibility index (Phi) is 6.95. The zero-order valence-electron chi connectivity index (χ0n) is 12.3. The summed E-state index contributed by atoms with van der Waals surface area (Å²) in [6, 6.07) is 5.77. The van der Waals surface area contributed by atoms with Crippen molar-refractivity contribution in [3.8, 4) is 5.75 Å². The van der Waals surface area contributed by atoms with Crippen LogP contribution in [0.25, 0.3) is 0 Å². The molecule has 2 rings (SSSR count). The number of nitrogens with one attached hydrogen (secondary N) is 2. The number of aliphatic hydroxyl groups excluding tert-OH is 1. The fourth-order valence-electron chi connectivity index (χ4n) is 2.06. The molecule has 1 amide bonds. The van der Waals surface area contributed by atoms with Gasteiger partial charge in [-0.3, -0.25) is 4.79 Å². The molecule has 0 saturated carbocycles. The Balaban J connectivity index is 1.61. The van der Waals surface area contributed by atoms with E-state index in [1.165, 1.54) is 24.3 Å². The molecule has 7 heteroatoms. The number of rotatable bonds is 7. The molecular weight excluding hydrogens is 307 g/mol. The zero-order chi connectivity index (χ0) is 15.8. The Hall–Kier alpha value is -1.31. The van der Waals surface area contributed by atoms with Crippen molar-refractivity contribution in [1.29, 1.82) is 0 Å². The maximum absolute atomic E-state index is 12.7. The average molecular weight is 328 g/mol. The van der Waals surface area contributed by atoms with Crippen molar-refractivity contribution in [2.45, 2.75) is 18.6 Å². The Morgan fingerprint density at radius 1 is 1.50 bits per heavy atom. The van der Waals surface area contributed by atoms with E-state index in [9.17, 15) is 14.3 Å². The van der Waals surface area contributed by atoms with Crippen LogP contribution in [0.3, 0.4) is 0 Å². The molecule has 0 bridgehead atoms. The molecule has 2 unspecified atom stereocenters. The number of halogens is 1. The van der Waals surface area contributed by atoms with Gasteiger partial charge in [-0.1, -0.05) is 0 Å². The monoisotopic (exact) mass is 328 g/mol. The van der Waals surface area contributed by atoms with Crippen molar-refractivity contribution in [1.82, 2.24) is 10.6 Å². The predicted molar refractivity (Wildman–Crippen MR) is 84.6 cm³/mol. The van der Waals surface area contributed by atoms with Gasteiger partial charge in [0.15, 0.2) is 0 Å². The smallest absolute Gasteiger partial charge is 0.221 e. The summed E-state index contributed by atoms with van der Waals surface area (Å²) in [4.78, 5) is 11.8. The number of carbonyl (C=O) groups excluding carboxylic acids is 1. The molecule has 1 aromatic carbocycles. The predicted octanol–water partition coefficient (Wildman–Crippen LogP) is 0.777. The molecule has 1 aromatic rings. The number of amides is 1. The van der Waals surface area contributed by atoms with Crippen LogP contribution in [0.1, 0.15) is 6.42 Å². The summed E-state index contributed by atoms with van der Waals surface area (Å²) in [6.45, 7) is 1.11. The minimum absolute atomic E-state index is 0.0451. The van der Waals surface area contributed by atoms with Crippen LogP contribution in [0.2, 0.25) is 0 Å². The van der Waals surface area contributed by atoms with E-state index in [2.05, 4.69) is 10.6 Å². The highest BCUT2D eigenvalue weighted by molar-refractivity contribution is 7.99. The third kappa shape index (κ3) is 6.21. The van der Waals surface area contributed by atoms with Crippen molar-refractivity contribution in [3.63, 3.8) is 0 Å². The van der Waals surface area contributed by atoms with Gasteiger partial charge < -0.3 is 20.5 Å². The summed E-state index contributed by atoms with van der Waals surface area (Å²) in [5.74, 6) is 2.08. The fraction of sp³-hybridized carbons (Fsp3) is 0.533. The molecule has 0 spiro atoms.